The second-order valence-corrected chi connectivity index (χ2v) is 5.24. The number of rotatable bonds is 3. The predicted octanol–water partition coefficient (Wildman–Crippen LogP) is 2.09. The van der Waals surface area contributed by atoms with Crippen molar-refractivity contribution < 1.29 is 14.8 Å². The van der Waals surface area contributed by atoms with Crippen LogP contribution in [0.1, 0.15) is 23.2 Å². The highest BCUT2D eigenvalue weighted by Crippen LogP contribution is 2.30. The zero-order valence-electron chi connectivity index (χ0n) is 10.8. The number of aliphatic hydroxyl groups is 1. The number of piperidine rings is 1. The van der Waals surface area contributed by atoms with E-state index >= 15 is 0 Å². The van der Waals surface area contributed by atoms with Gasteiger partial charge in [-0.3, -0.25) is 14.9 Å². The lowest BCUT2D eigenvalue weighted by atomic mass is 9.98. The van der Waals surface area contributed by atoms with E-state index in [1.165, 1.54) is 18.2 Å². The fourth-order valence-electron chi connectivity index (χ4n) is 2.44. The van der Waals surface area contributed by atoms with Gasteiger partial charge in [0.25, 0.3) is 5.91 Å². The number of amides is 1. The lowest BCUT2D eigenvalue weighted by Gasteiger charge is -2.31. The van der Waals surface area contributed by atoms with Gasteiger partial charge >= 0.3 is 5.69 Å². The Balaban J connectivity index is 2.29. The molecule has 0 spiro atoms. The van der Waals surface area contributed by atoms with E-state index in [1.807, 2.05) is 0 Å². The number of nitro benzene ring substituents is 1. The van der Waals surface area contributed by atoms with Gasteiger partial charge in [-0.1, -0.05) is 17.7 Å². The first-order valence-corrected chi connectivity index (χ1v) is 6.75. The molecule has 0 aromatic heterocycles. The summed E-state index contributed by atoms with van der Waals surface area (Å²) >= 11 is 5.81. The van der Waals surface area contributed by atoms with Gasteiger partial charge in [0.15, 0.2) is 0 Å². The molecular weight excluding hydrogens is 284 g/mol. The monoisotopic (exact) mass is 298 g/mol. The quantitative estimate of drug-likeness (QED) is 0.684. The largest absolute Gasteiger partial charge is 0.396 e. The number of para-hydroxylation sites is 1. The Hall–Kier alpha value is -1.66. The summed E-state index contributed by atoms with van der Waals surface area (Å²) in [6, 6.07) is 4.33. The number of hydrogen-bond donors (Lipinski definition) is 1. The lowest BCUT2D eigenvalue weighted by Crippen LogP contribution is -2.41. The molecule has 2 rings (SSSR count). The van der Waals surface area contributed by atoms with Gasteiger partial charge in [-0.2, -0.15) is 0 Å². The van der Waals surface area contributed by atoms with E-state index < -0.39 is 10.8 Å². The summed E-state index contributed by atoms with van der Waals surface area (Å²) in [5, 5.41) is 20.2. The summed E-state index contributed by atoms with van der Waals surface area (Å²) in [6.45, 7) is 0.972. The summed E-state index contributed by atoms with van der Waals surface area (Å²) in [6.07, 6.45) is 1.64. The molecule has 7 heteroatoms. The van der Waals surface area contributed by atoms with Crippen molar-refractivity contribution in [3.63, 3.8) is 0 Å². The van der Waals surface area contributed by atoms with E-state index in [-0.39, 0.29) is 28.8 Å². The third-order valence-corrected chi connectivity index (χ3v) is 3.77. The van der Waals surface area contributed by atoms with Gasteiger partial charge in [-0.25, -0.2) is 0 Å². The molecule has 0 radical (unpaired) electrons. The van der Waals surface area contributed by atoms with Crippen LogP contribution in [0.25, 0.3) is 0 Å². The van der Waals surface area contributed by atoms with Gasteiger partial charge in [-0.05, 0) is 30.9 Å². The average molecular weight is 299 g/mol. The molecule has 1 amide bonds. The van der Waals surface area contributed by atoms with Crippen LogP contribution in [-0.2, 0) is 0 Å². The first-order chi connectivity index (χ1) is 9.54. The number of halogens is 1. The van der Waals surface area contributed by atoms with Gasteiger partial charge in [0.1, 0.15) is 10.6 Å². The van der Waals surface area contributed by atoms with Crippen molar-refractivity contribution in [3.8, 4) is 0 Å². The highest BCUT2D eigenvalue weighted by Gasteiger charge is 2.30. The molecule has 1 atom stereocenters. The van der Waals surface area contributed by atoms with Crippen molar-refractivity contribution in [3.05, 3.63) is 38.9 Å². The van der Waals surface area contributed by atoms with Crippen LogP contribution in [0.4, 0.5) is 5.69 Å². The predicted molar refractivity (Wildman–Crippen MR) is 73.8 cm³/mol. The minimum absolute atomic E-state index is 0.00101. The highest BCUT2D eigenvalue weighted by molar-refractivity contribution is 6.33. The van der Waals surface area contributed by atoms with E-state index in [2.05, 4.69) is 0 Å². The molecule has 1 saturated heterocycles. The minimum atomic E-state index is -0.636. The number of hydrogen-bond acceptors (Lipinski definition) is 4. The highest BCUT2D eigenvalue weighted by atomic mass is 35.5. The number of nitro groups is 1. The molecule has 1 unspecified atom stereocenters. The molecule has 108 valence electrons. The fraction of sp³-hybridized carbons (Fsp3) is 0.462. The Morgan fingerprint density at radius 1 is 1.55 bits per heavy atom. The van der Waals surface area contributed by atoms with Crippen LogP contribution in [0.3, 0.4) is 0 Å². The van der Waals surface area contributed by atoms with Gasteiger partial charge in [0.2, 0.25) is 0 Å². The van der Waals surface area contributed by atoms with E-state index in [4.69, 9.17) is 11.6 Å². The zero-order chi connectivity index (χ0) is 14.7. The van der Waals surface area contributed by atoms with E-state index in [1.54, 1.807) is 4.90 Å². The van der Waals surface area contributed by atoms with Crippen molar-refractivity contribution in [1.82, 2.24) is 4.90 Å². The normalized spacial score (nSPS) is 18.9. The Bertz CT molecular complexity index is 535. The van der Waals surface area contributed by atoms with Crippen molar-refractivity contribution in [2.24, 2.45) is 5.92 Å². The fourth-order valence-corrected chi connectivity index (χ4v) is 2.69. The maximum atomic E-state index is 12.4. The van der Waals surface area contributed by atoms with Crippen molar-refractivity contribution in [1.29, 1.82) is 0 Å². The molecule has 1 N–H and O–H groups in total. The smallest absolute Gasteiger partial charge is 0.300 e. The van der Waals surface area contributed by atoms with Crippen LogP contribution in [0.15, 0.2) is 18.2 Å². The number of benzene rings is 1. The zero-order valence-corrected chi connectivity index (χ0v) is 11.5. The minimum Gasteiger partial charge on any atom is -0.396 e. The van der Waals surface area contributed by atoms with Gasteiger partial charge < -0.3 is 10.0 Å². The first kappa shape index (κ1) is 14.7. The SMILES string of the molecule is O=C(c1cccc(Cl)c1[N+](=O)[O-])N1CCCC(CO)C1. The molecule has 1 aliphatic rings. The molecular formula is C13H15ClN2O4. The van der Waals surface area contributed by atoms with E-state index in [0.29, 0.717) is 13.1 Å². The van der Waals surface area contributed by atoms with Crippen LogP contribution in [0, 0.1) is 16.0 Å². The molecule has 1 heterocycles. The number of aliphatic hydroxyl groups excluding tert-OH is 1. The summed E-state index contributed by atoms with van der Waals surface area (Å²) in [7, 11) is 0. The first-order valence-electron chi connectivity index (χ1n) is 6.37. The van der Waals surface area contributed by atoms with Crippen molar-refractivity contribution in [2.75, 3.05) is 19.7 Å². The lowest BCUT2D eigenvalue weighted by molar-refractivity contribution is -0.385. The van der Waals surface area contributed by atoms with Gasteiger partial charge in [0, 0.05) is 19.7 Å². The van der Waals surface area contributed by atoms with Gasteiger partial charge in [0.05, 0.1) is 4.92 Å². The second kappa shape index (κ2) is 6.19. The average Bonchev–Trinajstić information content (AvgIpc) is 2.45. The number of carbonyl (C=O) groups is 1. The third kappa shape index (κ3) is 2.91. The van der Waals surface area contributed by atoms with E-state index in [0.717, 1.165) is 12.8 Å². The molecule has 1 aliphatic heterocycles. The Kier molecular flexibility index (Phi) is 4.57. The number of nitrogens with zero attached hydrogens (tertiary/aromatic N) is 2. The molecule has 1 aromatic carbocycles. The van der Waals surface area contributed by atoms with E-state index in [9.17, 15) is 20.0 Å². The molecule has 1 fully saturated rings. The maximum Gasteiger partial charge on any atom is 0.300 e. The molecule has 6 nitrogen and oxygen atoms in total. The van der Waals surface area contributed by atoms with Crippen LogP contribution in [0.5, 0.6) is 0 Å². The summed E-state index contributed by atoms with van der Waals surface area (Å²) in [5.41, 5.74) is -0.355. The van der Waals surface area contributed by atoms with Crippen LogP contribution in [-0.4, -0.2) is 40.5 Å². The molecule has 20 heavy (non-hydrogen) atoms. The molecule has 0 aliphatic carbocycles. The summed E-state index contributed by atoms with van der Waals surface area (Å²) in [4.78, 5) is 24.4. The van der Waals surface area contributed by atoms with Crippen LogP contribution < -0.4 is 0 Å². The molecule has 0 bridgehead atoms. The van der Waals surface area contributed by atoms with Crippen molar-refractivity contribution in [2.45, 2.75) is 12.8 Å². The Labute approximate surface area is 121 Å². The van der Waals surface area contributed by atoms with Crippen molar-refractivity contribution >= 4 is 23.2 Å². The van der Waals surface area contributed by atoms with Crippen LogP contribution in [0.2, 0.25) is 5.02 Å². The number of likely N-dealkylation sites (tertiary alicyclic amines) is 1. The third-order valence-electron chi connectivity index (χ3n) is 3.46. The maximum absolute atomic E-state index is 12.4. The second-order valence-electron chi connectivity index (χ2n) is 4.84. The topological polar surface area (TPSA) is 83.7 Å². The summed E-state index contributed by atoms with van der Waals surface area (Å²) < 4.78 is 0. The van der Waals surface area contributed by atoms with Crippen LogP contribution >= 0.6 is 11.6 Å². The standard InChI is InChI=1S/C13H15ClN2O4/c14-11-5-1-4-10(12(11)16(19)20)13(18)15-6-2-3-9(7-15)8-17/h1,4-5,9,17H,2-3,6-8H2. The van der Waals surface area contributed by atoms with Gasteiger partial charge in [-0.15, -0.1) is 0 Å². The number of carbonyl (C=O) groups excluding carboxylic acids is 1. The molecule has 1 aromatic rings. The summed E-state index contributed by atoms with van der Waals surface area (Å²) in [5.74, 6) is -0.372. The molecule has 0 saturated carbocycles. The Morgan fingerprint density at radius 3 is 2.95 bits per heavy atom. The Morgan fingerprint density at radius 2 is 2.30 bits per heavy atom.